The lowest BCUT2D eigenvalue weighted by Crippen LogP contribution is -2.06. The largest absolute Gasteiger partial charge is 0.368 e. The van der Waals surface area contributed by atoms with Crippen LogP contribution >= 0.6 is 12.2 Å². The average Bonchev–Trinajstić information content (AvgIpc) is 2.67. The molecule has 0 aliphatic carbocycles. The number of aromatic nitrogens is 6. The van der Waals surface area contributed by atoms with Crippen LogP contribution < -0.4 is 5.73 Å². The van der Waals surface area contributed by atoms with E-state index in [1.54, 1.807) is 22.6 Å². The van der Waals surface area contributed by atoms with Crippen LogP contribution in [0.3, 0.4) is 0 Å². The highest BCUT2D eigenvalue weighted by atomic mass is 32.1. The van der Waals surface area contributed by atoms with Gasteiger partial charge in [0.15, 0.2) is 10.6 Å². The molecule has 0 bridgehead atoms. The van der Waals surface area contributed by atoms with Crippen molar-refractivity contribution in [3.63, 3.8) is 0 Å². The van der Waals surface area contributed by atoms with Crippen molar-refractivity contribution in [2.24, 2.45) is 7.05 Å². The summed E-state index contributed by atoms with van der Waals surface area (Å²) in [5, 5.41) is 10.5. The Morgan fingerprint density at radius 2 is 2.43 bits per heavy atom. The second kappa shape index (κ2) is 3.22. The van der Waals surface area contributed by atoms with Crippen LogP contribution in [0.4, 0.5) is 5.95 Å². The van der Waals surface area contributed by atoms with E-state index in [0.29, 0.717) is 23.1 Å². The van der Waals surface area contributed by atoms with Gasteiger partial charge >= 0.3 is 0 Å². The summed E-state index contributed by atoms with van der Waals surface area (Å²) in [7, 11) is 1.80. The van der Waals surface area contributed by atoms with Crippen molar-refractivity contribution in [3.8, 4) is 0 Å². The molecular weight excluding hydrogens is 202 g/mol. The van der Waals surface area contributed by atoms with Gasteiger partial charge in [-0.15, -0.1) is 5.10 Å². The van der Waals surface area contributed by atoms with Crippen molar-refractivity contribution in [1.29, 1.82) is 0 Å². The van der Waals surface area contributed by atoms with E-state index in [2.05, 4.69) is 20.3 Å². The lowest BCUT2D eigenvalue weighted by molar-refractivity contribution is 0.701. The maximum atomic E-state index is 5.59. The number of H-pyrrole nitrogens is 1. The van der Waals surface area contributed by atoms with Gasteiger partial charge in [0.05, 0.1) is 6.54 Å². The minimum Gasteiger partial charge on any atom is -0.368 e. The molecular formula is C6H9N7S. The van der Waals surface area contributed by atoms with E-state index in [9.17, 15) is 0 Å². The van der Waals surface area contributed by atoms with E-state index in [4.69, 9.17) is 18.0 Å². The molecule has 0 saturated heterocycles. The van der Waals surface area contributed by atoms with Crippen LogP contribution in [0.1, 0.15) is 5.82 Å². The summed E-state index contributed by atoms with van der Waals surface area (Å²) in [6, 6.07) is 0. The lowest BCUT2D eigenvalue weighted by Gasteiger charge is -1.98. The summed E-state index contributed by atoms with van der Waals surface area (Å²) in [5.74, 6) is 0.985. The molecule has 0 atom stereocenters. The Hall–Kier alpha value is -1.70. The third-order valence-corrected chi connectivity index (χ3v) is 2.05. The predicted octanol–water partition coefficient (Wildman–Crippen LogP) is -0.300. The van der Waals surface area contributed by atoms with Gasteiger partial charge in [0, 0.05) is 7.05 Å². The molecule has 0 amide bonds. The number of anilines is 1. The average molecular weight is 211 g/mol. The maximum absolute atomic E-state index is 5.59. The van der Waals surface area contributed by atoms with Crippen LogP contribution in [0.5, 0.6) is 0 Å². The molecule has 0 aromatic carbocycles. The maximum Gasteiger partial charge on any atom is 0.220 e. The monoisotopic (exact) mass is 211 g/mol. The highest BCUT2D eigenvalue weighted by Crippen LogP contribution is 2.01. The number of hydrogen-bond donors (Lipinski definition) is 2. The predicted molar refractivity (Wildman–Crippen MR) is 51.9 cm³/mol. The van der Waals surface area contributed by atoms with Crippen LogP contribution in [0, 0.1) is 4.77 Å². The first kappa shape index (κ1) is 8.88. The fourth-order valence-electron chi connectivity index (χ4n) is 1.08. The van der Waals surface area contributed by atoms with Gasteiger partial charge in [-0.3, -0.25) is 9.25 Å². The van der Waals surface area contributed by atoms with E-state index in [-0.39, 0.29) is 0 Å². The molecule has 0 radical (unpaired) electrons. The lowest BCUT2D eigenvalue weighted by atomic mass is 10.6. The minimum atomic E-state index is 0.336. The zero-order chi connectivity index (χ0) is 10.1. The molecule has 2 heterocycles. The molecule has 0 unspecified atom stereocenters. The molecule has 0 spiro atoms. The fraction of sp³-hybridized carbons (Fsp3) is 0.333. The number of aryl methyl sites for hydroxylation is 1. The second-order valence-electron chi connectivity index (χ2n) is 2.81. The van der Waals surface area contributed by atoms with Crippen LogP contribution in [0.15, 0.2) is 6.33 Å². The van der Waals surface area contributed by atoms with Crippen LogP contribution in [0.2, 0.25) is 0 Å². The van der Waals surface area contributed by atoms with E-state index in [0.717, 1.165) is 0 Å². The Balaban J connectivity index is 2.31. The molecule has 0 fully saturated rings. The number of rotatable bonds is 2. The number of nitrogen functional groups attached to an aromatic ring is 1. The smallest absolute Gasteiger partial charge is 0.220 e. The molecule has 8 heteroatoms. The SMILES string of the molecule is Cn1cnc(Cn2c(N)n[nH]c2=S)n1. The molecule has 0 aliphatic rings. The van der Waals surface area contributed by atoms with Crippen LogP contribution in [0.25, 0.3) is 0 Å². The zero-order valence-corrected chi connectivity index (χ0v) is 8.32. The van der Waals surface area contributed by atoms with Crippen molar-refractivity contribution in [2.75, 3.05) is 5.73 Å². The molecule has 2 aromatic heterocycles. The number of hydrogen-bond acceptors (Lipinski definition) is 5. The highest BCUT2D eigenvalue weighted by molar-refractivity contribution is 7.71. The number of aromatic amines is 1. The van der Waals surface area contributed by atoms with Crippen molar-refractivity contribution in [2.45, 2.75) is 6.54 Å². The van der Waals surface area contributed by atoms with Crippen molar-refractivity contribution in [3.05, 3.63) is 16.9 Å². The standard InChI is InChI=1S/C6H9N7S/c1-12-3-8-4(11-12)2-13-5(7)9-10-6(13)14/h3H,2H2,1H3,(H2,7,9)(H,10,14). The van der Waals surface area contributed by atoms with Gasteiger partial charge < -0.3 is 5.73 Å². The zero-order valence-electron chi connectivity index (χ0n) is 7.51. The quantitative estimate of drug-likeness (QED) is 0.665. The van der Waals surface area contributed by atoms with Crippen molar-refractivity contribution >= 4 is 18.2 Å². The van der Waals surface area contributed by atoms with E-state index in [1.807, 2.05) is 0 Å². The third kappa shape index (κ3) is 1.51. The summed E-state index contributed by atoms with van der Waals surface area (Å²) in [5.41, 5.74) is 5.59. The van der Waals surface area contributed by atoms with E-state index < -0.39 is 0 Å². The highest BCUT2D eigenvalue weighted by Gasteiger charge is 2.05. The Morgan fingerprint density at radius 1 is 1.64 bits per heavy atom. The van der Waals surface area contributed by atoms with Crippen molar-refractivity contribution in [1.82, 2.24) is 29.5 Å². The summed E-state index contributed by atoms with van der Waals surface area (Å²) in [6.45, 7) is 0.433. The Morgan fingerprint density at radius 3 is 2.93 bits per heavy atom. The van der Waals surface area contributed by atoms with Gasteiger partial charge in [-0.05, 0) is 12.2 Å². The molecule has 7 nitrogen and oxygen atoms in total. The first-order chi connectivity index (χ1) is 6.66. The molecule has 0 saturated carbocycles. The van der Waals surface area contributed by atoms with Crippen LogP contribution in [-0.2, 0) is 13.6 Å². The van der Waals surface area contributed by atoms with Gasteiger partial charge in [-0.25, -0.2) is 10.1 Å². The van der Waals surface area contributed by atoms with Gasteiger partial charge in [-0.2, -0.15) is 5.10 Å². The number of nitrogens with one attached hydrogen (secondary N) is 1. The van der Waals surface area contributed by atoms with Gasteiger partial charge in [-0.1, -0.05) is 0 Å². The molecule has 74 valence electrons. The normalized spacial score (nSPS) is 10.6. The Labute approximate surface area is 84.6 Å². The summed E-state index contributed by atoms with van der Waals surface area (Å²) < 4.78 is 3.72. The van der Waals surface area contributed by atoms with Crippen molar-refractivity contribution < 1.29 is 0 Å². The van der Waals surface area contributed by atoms with E-state index in [1.165, 1.54) is 0 Å². The van der Waals surface area contributed by atoms with Gasteiger partial charge in [0.25, 0.3) is 0 Å². The topological polar surface area (TPSA) is 90.3 Å². The van der Waals surface area contributed by atoms with E-state index >= 15 is 0 Å². The third-order valence-electron chi connectivity index (χ3n) is 1.73. The summed E-state index contributed by atoms with van der Waals surface area (Å²) >= 11 is 4.98. The summed E-state index contributed by atoms with van der Waals surface area (Å²) in [4.78, 5) is 4.06. The molecule has 2 rings (SSSR count). The minimum absolute atomic E-state index is 0.336. The Kier molecular flexibility index (Phi) is 2.04. The Bertz CT molecular complexity index is 492. The second-order valence-corrected chi connectivity index (χ2v) is 3.19. The number of nitrogens with zero attached hydrogens (tertiary/aromatic N) is 5. The molecule has 0 aliphatic heterocycles. The van der Waals surface area contributed by atoms with Gasteiger partial charge in [0.1, 0.15) is 6.33 Å². The molecule has 3 N–H and O–H groups in total. The number of nitrogens with two attached hydrogens (primary N) is 1. The summed E-state index contributed by atoms with van der Waals surface area (Å²) in [6.07, 6.45) is 1.62. The van der Waals surface area contributed by atoms with Crippen LogP contribution in [-0.4, -0.2) is 29.5 Å². The first-order valence-electron chi connectivity index (χ1n) is 3.92. The fourth-order valence-corrected chi connectivity index (χ4v) is 1.28. The first-order valence-corrected chi connectivity index (χ1v) is 4.33. The van der Waals surface area contributed by atoms with Gasteiger partial charge in [0.2, 0.25) is 5.95 Å². The molecule has 2 aromatic rings. The molecule has 14 heavy (non-hydrogen) atoms.